The normalized spacial score (nSPS) is 19.5. The molecule has 0 radical (unpaired) electrons. The second-order valence-corrected chi connectivity index (χ2v) is 9.44. The summed E-state index contributed by atoms with van der Waals surface area (Å²) in [5.41, 5.74) is 4.08. The number of fused-ring (bicyclic) bond motifs is 2. The molecule has 1 saturated heterocycles. The zero-order chi connectivity index (χ0) is 23.2. The van der Waals surface area contributed by atoms with Crippen molar-refractivity contribution in [3.63, 3.8) is 0 Å². The van der Waals surface area contributed by atoms with Crippen molar-refractivity contribution in [2.75, 3.05) is 22.1 Å². The Hall–Kier alpha value is -3.52. The molecule has 2 aliphatic heterocycles. The van der Waals surface area contributed by atoms with Crippen LogP contribution < -0.4 is 15.1 Å². The quantitative estimate of drug-likeness (QED) is 0.629. The molecule has 2 aliphatic rings. The maximum Gasteiger partial charge on any atom is 0.269 e. The van der Waals surface area contributed by atoms with Gasteiger partial charge in [-0.3, -0.25) is 24.2 Å². The topological polar surface area (TPSA) is 82.9 Å². The van der Waals surface area contributed by atoms with Crippen LogP contribution in [0.3, 0.4) is 0 Å². The van der Waals surface area contributed by atoms with Crippen LogP contribution in [0.1, 0.15) is 22.5 Å². The van der Waals surface area contributed by atoms with Gasteiger partial charge in [-0.15, -0.1) is 11.8 Å². The SMILES string of the molecule is Cc1cc(C)cc(N2C(=O)CS[C@]23C(=O)N(CC(=O)NCc2ccco2)c2ccccc23)c1. The highest BCUT2D eigenvalue weighted by Gasteiger charge is 2.61. The summed E-state index contributed by atoms with van der Waals surface area (Å²) in [5.74, 6) is 0.0971. The number of nitrogens with one attached hydrogen (secondary N) is 1. The molecule has 0 bridgehead atoms. The summed E-state index contributed by atoms with van der Waals surface area (Å²) in [6, 6.07) is 16.8. The fourth-order valence-electron chi connectivity index (χ4n) is 4.59. The molecule has 0 aliphatic carbocycles. The van der Waals surface area contributed by atoms with Crippen LogP contribution >= 0.6 is 11.8 Å². The van der Waals surface area contributed by atoms with Crippen molar-refractivity contribution in [2.24, 2.45) is 0 Å². The molecule has 1 aromatic heterocycles. The van der Waals surface area contributed by atoms with Gasteiger partial charge in [-0.05, 0) is 55.3 Å². The van der Waals surface area contributed by atoms with Gasteiger partial charge in [0.1, 0.15) is 12.3 Å². The molecular formula is C25H23N3O4S. The lowest BCUT2D eigenvalue weighted by Gasteiger charge is -2.33. The van der Waals surface area contributed by atoms with Crippen LogP contribution in [-0.4, -0.2) is 30.0 Å². The van der Waals surface area contributed by atoms with E-state index in [2.05, 4.69) is 5.32 Å². The van der Waals surface area contributed by atoms with Crippen LogP contribution in [0.2, 0.25) is 0 Å². The number of hydrogen-bond donors (Lipinski definition) is 1. The average Bonchev–Trinajstić information content (AvgIpc) is 3.47. The Balaban J connectivity index is 1.51. The number of carbonyl (C=O) groups is 3. The fourth-order valence-corrected chi connectivity index (χ4v) is 5.95. The molecule has 3 heterocycles. The number of anilines is 2. The fraction of sp³-hybridized carbons (Fsp3) is 0.240. The number of amides is 3. The van der Waals surface area contributed by atoms with Gasteiger partial charge in [0.25, 0.3) is 5.91 Å². The Bertz CT molecular complexity index is 1240. The van der Waals surface area contributed by atoms with Crippen molar-refractivity contribution in [3.05, 3.63) is 83.3 Å². The summed E-state index contributed by atoms with van der Waals surface area (Å²) >= 11 is 1.31. The lowest BCUT2D eigenvalue weighted by molar-refractivity contribution is -0.125. The van der Waals surface area contributed by atoms with Crippen molar-refractivity contribution in [1.82, 2.24) is 5.32 Å². The van der Waals surface area contributed by atoms with Crippen molar-refractivity contribution in [2.45, 2.75) is 25.3 Å². The molecule has 1 spiro atoms. The summed E-state index contributed by atoms with van der Waals surface area (Å²) < 4.78 is 5.26. The van der Waals surface area contributed by atoms with Crippen molar-refractivity contribution in [1.29, 1.82) is 0 Å². The van der Waals surface area contributed by atoms with Crippen LogP contribution in [0.25, 0.3) is 0 Å². The zero-order valence-electron chi connectivity index (χ0n) is 18.3. The predicted molar refractivity (Wildman–Crippen MR) is 127 cm³/mol. The van der Waals surface area contributed by atoms with Gasteiger partial charge in [-0.2, -0.15) is 0 Å². The number of carbonyl (C=O) groups excluding carboxylic acids is 3. The summed E-state index contributed by atoms with van der Waals surface area (Å²) in [6.07, 6.45) is 1.54. The lowest BCUT2D eigenvalue weighted by atomic mass is 10.0. The Morgan fingerprint density at radius 2 is 1.85 bits per heavy atom. The van der Waals surface area contributed by atoms with E-state index in [1.165, 1.54) is 16.7 Å². The number of nitrogens with zero attached hydrogens (tertiary/aromatic N) is 2. The third-order valence-corrected chi connectivity index (χ3v) is 7.26. The number of aryl methyl sites for hydroxylation is 2. The largest absolute Gasteiger partial charge is 0.467 e. The molecule has 5 rings (SSSR count). The Morgan fingerprint density at radius 1 is 1.09 bits per heavy atom. The van der Waals surface area contributed by atoms with E-state index < -0.39 is 4.87 Å². The standard InChI is InChI=1S/C25H23N3O4S/c1-16-10-17(2)12-18(11-16)28-23(30)15-33-25(28)20-7-3-4-8-21(20)27(24(25)31)14-22(29)26-13-19-6-5-9-32-19/h3-12H,13-15H2,1-2H3,(H,26,29)/t25-/m1/s1. The van der Waals surface area contributed by atoms with Gasteiger partial charge in [0.2, 0.25) is 16.7 Å². The van der Waals surface area contributed by atoms with Crippen molar-refractivity contribution < 1.29 is 18.8 Å². The Morgan fingerprint density at radius 3 is 2.58 bits per heavy atom. The minimum atomic E-state index is -1.23. The molecule has 1 atom stereocenters. The third kappa shape index (κ3) is 3.51. The van der Waals surface area contributed by atoms with Gasteiger partial charge in [0.15, 0.2) is 0 Å². The molecule has 2 aromatic carbocycles. The van der Waals surface area contributed by atoms with Crippen LogP contribution in [0.5, 0.6) is 0 Å². The van der Waals surface area contributed by atoms with Crippen LogP contribution in [0, 0.1) is 13.8 Å². The number of hydrogen-bond acceptors (Lipinski definition) is 5. The number of furan rings is 1. The molecule has 3 amide bonds. The predicted octanol–water partition coefficient (Wildman–Crippen LogP) is 3.49. The summed E-state index contributed by atoms with van der Waals surface area (Å²) in [4.78, 5) is 41.7. The first kappa shape index (κ1) is 21.3. The number of rotatable bonds is 5. The van der Waals surface area contributed by atoms with Crippen LogP contribution in [-0.2, 0) is 25.8 Å². The number of para-hydroxylation sites is 1. The van der Waals surface area contributed by atoms with E-state index in [-0.39, 0.29) is 36.6 Å². The van der Waals surface area contributed by atoms with Gasteiger partial charge < -0.3 is 9.73 Å². The number of benzene rings is 2. The first-order valence-corrected chi connectivity index (χ1v) is 11.6. The summed E-state index contributed by atoms with van der Waals surface area (Å²) in [7, 11) is 0. The number of thioether (sulfide) groups is 1. The van der Waals surface area contributed by atoms with Crippen molar-refractivity contribution in [3.8, 4) is 0 Å². The molecule has 1 N–H and O–H groups in total. The van der Waals surface area contributed by atoms with E-state index in [1.807, 2.05) is 56.3 Å². The smallest absolute Gasteiger partial charge is 0.269 e. The van der Waals surface area contributed by atoms with Crippen LogP contribution in [0.15, 0.2) is 65.3 Å². The zero-order valence-corrected chi connectivity index (χ0v) is 19.1. The Labute approximate surface area is 195 Å². The average molecular weight is 462 g/mol. The molecule has 0 unspecified atom stereocenters. The van der Waals surface area contributed by atoms with Gasteiger partial charge >= 0.3 is 0 Å². The van der Waals surface area contributed by atoms with Gasteiger partial charge in [0.05, 0.1) is 24.2 Å². The van der Waals surface area contributed by atoms with Crippen molar-refractivity contribution >= 4 is 40.9 Å². The van der Waals surface area contributed by atoms with E-state index in [0.29, 0.717) is 17.1 Å². The van der Waals surface area contributed by atoms with E-state index in [9.17, 15) is 14.4 Å². The molecule has 33 heavy (non-hydrogen) atoms. The van der Waals surface area contributed by atoms with Crippen LogP contribution in [0.4, 0.5) is 11.4 Å². The first-order chi connectivity index (χ1) is 15.9. The molecule has 8 heteroatoms. The van der Waals surface area contributed by atoms with E-state index in [1.54, 1.807) is 23.3 Å². The summed E-state index contributed by atoms with van der Waals surface area (Å²) in [5, 5.41) is 2.80. The van der Waals surface area contributed by atoms with Gasteiger partial charge in [0, 0.05) is 11.3 Å². The Kier molecular flexibility index (Phi) is 5.25. The maximum absolute atomic E-state index is 14.0. The highest BCUT2D eigenvalue weighted by atomic mass is 32.2. The first-order valence-electron chi connectivity index (χ1n) is 10.7. The molecule has 168 valence electrons. The minimum absolute atomic E-state index is 0.128. The lowest BCUT2D eigenvalue weighted by Crippen LogP contribution is -2.51. The highest BCUT2D eigenvalue weighted by Crippen LogP contribution is 2.55. The summed E-state index contributed by atoms with van der Waals surface area (Å²) in [6.45, 7) is 4.03. The monoisotopic (exact) mass is 461 g/mol. The van der Waals surface area contributed by atoms with E-state index >= 15 is 0 Å². The second-order valence-electron chi connectivity index (χ2n) is 8.27. The molecule has 0 saturated carbocycles. The minimum Gasteiger partial charge on any atom is -0.467 e. The maximum atomic E-state index is 14.0. The van der Waals surface area contributed by atoms with Gasteiger partial charge in [-0.25, -0.2) is 0 Å². The molecule has 7 nitrogen and oxygen atoms in total. The van der Waals surface area contributed by atoms with E-state index in [0.717, 1.165) is 16.7 Å². The molecule has 1 fully saturated rings. The molecular weight excluding hydrogens is 438 g/mol. The third-order valence-electron chi connectivity index (χ3n) is 5.87. The second kappa shape index (κ2) is 8.12. The van der Waals surface area contributed by atoms with E-state index in [4.69, 9.17) is 4.42 Å². The highest BCUT2D eigenvalue weighted by molar-refractivity contribution is 8.02. The van der Waals surface area contributed by atoms with Gasteiger partial charge in [-0.1, -0.05) is 24.3 Å². The molecule has 3 aromatic rings.